The highest BCUT2D eigenvalue weighted by molar-refractivity contribution is 5.89. The zero-order chi connectivity index (χ0) is 16.1. The van der Waals surface area contributed by atoms with Crippen molar-refractivity contribution in [2.24, 2.45) is 0 Å². The fraction of sp³-hybridized carbons (Fsp3) is 0.267. The van der Waals surface area contributed by atoms with Gasteiger partial charge in [-0.3, -0.25) is 9.59 Å². The number of furan rings is 1. The Hall–Kier alpha value is -2.83. The van der Waals surface area contributed by atoms with Crippen LogP contribution < -0.4 is 10.9 Å². The van der Waals surface area contributed by atoms with Gasteiger partial charge in [0.05, 0.1) is 25.0 Å². The van der Waals surface area contributed by atoms with Gasteiger partial charge in [0, 0.05) is 12.3 Å². The topological polar surface area (TPSA) is 90.5 Å². The molecule has 7 nitrogen and oxygen atoms in total. The highest BCUT2D eigenvalue weighted by Gasteiger charge is 2.14. The summed E-state index contributed by atoms with van der Waals surface area (Å²) in [5, 5.41) is 2.71. The number of hydrogen-bond donors (Lipinski definition) is 1. The Bertz CT molecular complexity index is 718. The van der Waals surface area contributed by atoms with E-state index in [0.717, 1.165) is 4.57 Å². The number of carbonyl (C=O) groups excluding carboxylic acids is 2. The Kier molecular flexibility index (Phi) is 4.77. The van der Waals surface area contributed by atoms with Crippen LogP contribution in [0, 0.1) is 0 Å². The third-order valence-electron chi connectivity index (χ3n) is 3.07. The average molecular weight is 304 g/mol. The van der Waals surface area contributed by atoms with Gasteiger partial charge in [0.2, 0.25) is 5.91 Å². The smallest absolute Gasteiger partial charge is 0.339 e. The second-order valence-electron chi connectivity index (χ2n) is 4.68. The molecule has 22 heavy (non-hydrogen) atoms. The minimum absolute atomic E-state index is 0.200. The molecule has 1 atom stereocenters. The SMILES string of the molecule is COC(=O)c1ccc(=O)n(CC(=O)N[C@@H](C)c2ccco2)c1. The standard InChI is InChI=1S/C15H16N2O5/c1-10(12-4-3-7-22-12)16-13(18)9-17-8-11(15(20)21-2)5-6-14(17)19/h3-8,10H,9H2,1-2H3,(H,16,18)/t10-/m0/s1. The fourth-order valence-corrected chi connectivity index (χ4v) is 1.94. The number of aromatic nitrogens is 1. The van der Waals surface area contributed by atoms with E-state index in [9.17, 15) is 14.4 Å². The van der Waals surface area contributed by atoms with Gasteiger partial charge in [-0.1, -0.05) is 0 Å². The number of pyridine rings is 1. The van der Waals surface area contributed by atoms with Crippen LogP contribution in [0.1, 0.15) is 29.1 Å². The summed E-state index contributed by atoms with van der Waals surface area (Å²) in [7, 11) is 1.25. The number of nitrogens with one attached hydrogen (secondary N) is 1. The third kappa shape index (κ3) is 3.63. The van der Waals surface area contributed by atoms with Crippen LogP contribution in [0.4, 0.5) is 0 Å². The lowest BCUT2D eigenvalue weighted by Gasteiger charge is -2.12. The van der Waals surface area contributed by atoms with E-state index in [4.69, 9.17) is 4.42 Å². The number of carbonyl (C=O) groups is 2. The molecule has 2 heterocycles. The number of amides is 1. The predicted octanol–water partition coefficient (Wildman–Crippen LogP) is 1.11. The lowest BCUT2D eigenvalue weighted by atomic mass is 10.2. The van der Waals surface area contributed by atoms with Crippen molar-refractivity contribution in [3.05, 3.63) is 58.4 Å². The second-order valence-corrected chi connectivity index (χ2v) is 4.68. The zero-order valence-electron chi connectivity index (χ0n) is 12.2. The Labute approximate surface area is 126 Å². The van der Waals surface area contributed by atoms with E-state index in [1.165, 1.54) is 31.7 Å². The lowest BCUT2D eigenvalue weighted by Crippen LogP contribution is -2.33. The van der Waals surface area contributed by atoms with Crippen LogP contribution in [0.15, 0.2) is 45.9 Å². The molecule has 0 unspecified atom stereocenters. The minimum Gasteiger partial charge on any atom is -0.467 e. The molecule has 1 N–H and O–H groups in total. The molecule has 7 heteroatoms. The van der Waals surface area contributed by atoms with Crippen LogP contribution in [0.5, 0.6) is 0 Å². The van der Waals surface area contributed by atoms with Gasteiger partial charge in [-0.2, -0.15) is 0 Å². The van der Waals surface area contributed by atoms with Gasteiger partial charge in [-0.25, -0.2) is 4.79 Å². The molecule has 2 aromatic rings. The van der Waals surface area contributed by atoms with E-state index in [1.54, 1.807) is 19.1 Å². The first-order valence-corrected chi connectivity index (χ1v) is 6.63. The number of nitrogens with zero attached hydrogens (tertiary/aromatic N) is 1. The largest absolute Gasteiger partial charge is 0.467 e. The van der Waals surface area contributed by atoms with E-state index in [-0.39, 0.29) is 29.6 Å². The van der Waals surface area contributed by atoms with Gasteiger partial charge >= 0.3 is 5.97 Å². The summed E-state index contributed by atoms with van der Waals surface area (Å²) in [5.41, 5.74) is -0.178. The summed E-state index contributed by atoms with van der Waals surface area (Å²) in [6.45, 7) is 1.57. The molecular formula is C15H16N2O5. The van der Waals surface area contributed by atoms with Crippen molar-refractivity contribution < 1.29 is 18.7 Å². The molecule has 0 aromatic carbocycles. The molecule has 0 bridgehead atoms. The summed E-state index contributed by atoms with van der Waals surface area (Å²) < 4.78 is 10.9. The highest BCUT2D eigenvalue weighted by atomic mass is 16.5. The van der Waals surface area contributed by atoms with Gasteiger partial charge in [-0.05, 0) is 25.1 Å². The molecule has 0 aliphatic heterocycles. The normalized spacial score (nSPS) is 11.7. The molecule has 0 radical (unpaired) electrons. The number of esters is 1. The summed E-state index contributed by atoms with van der Waals surface area (Å²) >= 11 is 0. The maximum absolute atomic E-state index is 12.0. The zero-order valence-corrected chi connectivity index (χ0v) is 12.2. The van der Waals surface area contributed by atoms with Crippen molar-refractivity contribution in [3.63, 3.8) is 0 Å². The summed E-state index contributed by atoms with van der Waals surface area (Å²) in [6.07, 6.45) is 2.81. The van der Waals surface area contributed by atoms with E-state index in [2.05, 4.69) is 10.1 Å². The van der Waals surface area contributed by atoms with Gasteiger partial charge in [0.25, 0.3) is 5.56 Å². The van der Waals surface area contributed by atoms with Crippen LogP contribution in [0.25, 0.3) is 0 Å². The fourth-order valence-electron chi connectivity index (χ4n) is 1.94. The van der Waals surface area contributed by atoms with Gasteiger partial charge in [0.15, 0.2) is 0 Å². The van der Waals surface area contributed by atoms with Crippen LogP contribution in [-0.2, 0) is 16.1 Å². The first-order chi connectivity index (χ1) is 10.5. The number of methoxy groups -OCH3 is 1. The first kappa shape index (κ1) is 15.6. The highest BCUT2D eigenvalue weighted by Crippen LogP contribution is 2.11. The average Bonchev–Trinajstić information content (AvgIpc) is 3.03. The summed E-state index contributed by atoms with van der Waals surface area (Å²) in [4.78, 5) is 35.2. The van der Waals surface area contributed by atoms with Crippen LogP contribution in [0.3, 0.4) is 0 Å². The van der Waals surface area contributed by atoms with E-state index in [0.29, 0.717) is 5.76 Å². The molecule has 0 fully saturated rings. The Morgan fingerprint density at radius 2 is 2.14 bits per heavy atom. The molecule has 0 saturated heterocycles. The van der Waals surface area contributed by atoms with E-state index in [1.807, 2.05) is 0 Å². The van der Waals surface area contributed by atoms with Crippen molar-refractivity contribution in [3.8, 4) is 0 Å². The molecular weight excluding hydrogens is 288 g/mol. The lowest BCUT2D eigenvalue weighted by molar-refractivity contribution is -0.122. The van der Waals surface area contributed by atoms with Crippen LogP contribution in [0.2, 0.25) is 0 Å². The molecule has 2 aromatic heterocycles. The number of rotatable bonds is 5. The first-order valence-electron chi connectivity index (χ1n) is 6.63. The predicted molar refractivity (Wildman–Crippen MR) is 77.3 cm³/mol. The quantitative estimate of drug-likeness (QED) is 0.835. The Morgan fingerprint density at radius 1 is 1.36 bits per heavy atom. The van der Waals surface area contributed by atoms with Crippen molar-refractivity contribution in [1.29, 1.82) is 0 Å². The van der Waals surface area contributed by atoms with Crippen molar-refractivity contribution in [2.75, 3.05) is 7.11 Å². The molecule has 0 aliphatic rings. The molecule has 0 aliphatic carbocycles. The maximum atomic E-state index is 12.0. The van der Waals surface area contributed by atoms with Gasteiger partial charge in [-0.15, -0.1) is 0 Å². The molecule has 1 amide bonds. The van der Waals surface area contributed by atoms with Crippen molar-refractivity contribution in [1.82, 2.24) is 9.88 Å². The van der Waals surface area contributed by atoms with Crippen LogP contribution in [-0.4, -0.2) is 23.6 Å². The second kappa shape index (κ2) is 6.75. The Balaban J connectivity index is 2.08. The number of hydrogen-bond acceptors (Lipinski definition) is 5. The van der Waals surface area contributed by atoms with Crippen molar-refractivity contribution >= 4 is 11.9 Å². The number of ether oxygens (including phenoxy) is 1. The third-order valence-corrected chi connectivity index (χ3v) is 3.07. The van der Waals surface area contributed by atoms with E-state index >= 15 is 0 Å². The monoisotopic (exact) mass is 304 g/mol. The molecule has 0 saturated carbocycles. The summed E-state index contributed by atoms with van der Waals surface area (Å²) in [5.74, 6) is -0.324. The van der Waals surface area contributed by atoms with Gasteiger partial charge < -0.3 is 19.0 Å². The maximum Gasteiger partial charge on any atom is 0.339 e. The van der Waals surface area contributed by atoms with Gasteiger partial charge in [0.1, 0.15) is 12.3 Å². The minimum atomic E-state index is -0.571. The molecule has 2 rings (SSSR count). The molecule has 116 valence electrons. The molecule has 0 spiro atoms. The van der Waals surface area contributed by atoms with E-state index < -0.39 is 5.97 Å². The van der Waals surface area contributed by atoms with Crippen LogP contribution >= 0.6 is 0 Å². The Morgan fingerprint density at radius 3 is 2.77 bits per heavy atom. The summed E-state index contributed by atoms with van der Waals surface area (Å²) in [6, 6.07) is 5.72. The van der Waals surface area contributed by atoms with Crippen molar-refractivity contribution in [2.45, 2.75) is 19.5 Å².